The predicted molar refractivity (Wildman–Crippen MR) is 119 cm³/mol. The van der Waals surface area contributed by atoms with Gasteiger partial charge >= 0.3 is 0 Å². The van der Waals surface area contributed by atoms with Crippen molar-refractivity contribution in [3.8, 4) is 0 Å². The van der Waals surface area contributed by atoms with E-state index < -0.39 is 0 Å². The van der Waals surface area contributed by atoms with E-state index in [1.165, 1.54) is 45.3 Å². The molecule has 0 spiro atoms. The summed E-state index contributed by atoms with van der Waals surface area (Å²) in [6.45, 7) is 19.4. The van der Waals surface area contributed by atoms with Crippen molar-refractivity contribution < 1.29 is 4.74 Å². The number of likely N-dealkylation sites (tertiary alicyclic amines) is 1. The van der Waals surface area contributed by atoms with Crippen LogP contribution in [0, 0.1) is 11.8 Å². The Hall–Kier alpha value is -0.850. The zero-order valence-electron chi connectivity index (χ0n) is 18.9. The fraction of sp³-hybridized carbons (Fsp3) is 0.955. The number of nitrogens with zero attached hydrogens (tertiary/aromatic N) is 3. The number of guanidine groups is 1. The fourth-order valence-corrected chi connectivity index (χ4v) is 4.14. The molecule has 2 saturated heterocycles. The number of rotatable bonds is 10. The van der Waals surface area contributed by atoms with Crippen molar-refractivity contribution in [2.24, 2.45) is 16.8 Å². The van der Waals surface area contributed by atoms with Crippen molar-refractivity contribution in [1.82, 2.24) is 20.4 Å². The molecule has 2 heterocycles. The minimum absolute atomic E-state index is 0.487. The number of unbranched alkanes of at least 4 members (excludes halogenated alkanes) is 1. The van der Waals surface area contributed by atoms with E-state index in [-0.39, 0.29) is 0 Å². The second kappa shape index (κ2) is 13.4. The number of morpholine rings is 1. The van der Waals surface area contributed by atoms with E-state index in [2.05, 4.69) is 48.1 Å². The van der Waals surface area contributed by atoms with Crippen LogP contribution in [0.5, 0.6) is 0 Å². The summed E-state index contributed by atoms with van der Waals surface area (Å²) in [6.07, 6.45) is 5.21. The van der Waals surface area contributed by atoms with Crippen LogP contribution in [0.25, 0.3) is 0 Å². The average Bonchev–Trinajstić information content (AvgIpc) is 2.69. The van der Waals surface area contributed by atoms with Gasteiger partial charge in [-0.2, -0.15) is 0 Å². The number of aliphatic imine (C=N–C) groups is 1. The first-order valence-electron chi connectivity index (χ1n) is 11.7. The fourth-order valence-electron chi connectivity index (χ4n) is 4.14. The highest BCUT2D eigenvalue weighted by Crippen LogP contribution is 2.16. The summed E-state index contributed by atoms with van der Waals surface area (Å²) in [5, 5.41) is 6.95. The number of hydrogen-bond donors (Lipinski definition) is 2. The first kappa shape index (κ1) is 23.4. The largest absolute Gasteiger partial charge is 0.379 e. The van der Waals surface area contributed by atoms with Gasteiger partial charge in [0, 0.05) is 32.2 Å². The van der Waals surface area contributed by atoms with Gasteiger partial charge in [-0.15, -0.1) is 0 Å². The Morgan fingerprint density at radius 2 is 1.79 bits per heavy atom. The van der Waals surface area contributed by atoms with Gasteiger partial charge in [0.2, 0.25) is 0 Å². The third kappa shape index (κ3) is 8.66. The highest BCUT2D eigenvalue weighted by molar-refractivity contribution is 5.79. The van der Waals surface area contributed by atoms with E-state index in [4.69, 9.17) is 9.73 Å². The molecule has 6 nitrogen and oxygen atoms in total. The molecule has 0 amide bonds. The molecule has 2 rings (SSSR count). The predicted octanol–water partition coefficient (Wildman–Crippen LogP) is 2.41. The van der Waals surface area contributed by atoms with Gasteiger partial charge in [-0.1, -0.05) is 20.8 Å². The van der Waals surface area contributed by atoms with Crippen LogP contribution in [0.1, 0.15) is 53.4 Å². The Labute approximate surface area is 173 Å². The van der Waals surface area contributed by atoms with E-state index in [0.29, 0.717) is 12.0 Å². The molecule has 0 aliphatic carbocycles. The first-order chi connectivity index (χ1) is 13.6. The molecule has 2 N–H and O–H groups in total. The summed E-state index contributed by atoms with van der Waals surface area (Å²) in [5.41, 5.74) is 0. The minimum Gasteiger partial charge on any atom is -0.379 e. The van der Waals surface area contributed by atoms with E-state index in [1.54, 1.807) is 0 Å². The quantitative estimate of drug-likeness (QED) is 0.338. The minimum atomic E-state index is 0.487. The van der Waals surface area contributed by atoms with Crippen LogP contribution in [0.15, 0.2) is 4.99 Å². The smallest absolute Gasteiger partial charge is 0.191 e. The number of hydrogen-bond acceptors (Lipinski definition) is 4. The number of piperidine rings is 1. The van der Waals surface area contributed by atoms with Crippen LogP contribution in [-0.4, -0.2) is 87.4 Å². The SMILES string of the molecule is CCNC(=NCC(C(C)C)N1CCOCC1)NCCCCN1CCC(C)CC1. The zero-order valence-corrected chi connectivity index (χ0v) is 18.9. The van der Waals surface area contributed by atoms with Crippen molar-refractivity contribution in [2.75, 3.05) is 65.6 Å². The lowest BCUT2D eigenvalue weighted by atomic mass is 9.99. The van der Waals surface area contributed by atoms with Gasteiger partial charge in [-0.25, -0.2) is 0 Å². The second-order valence-corrected chi connectivity index (χ2v) is 8.84. The topological polar surface area (TPSA) is 52.1 Å². The van der Waals surface area contributed by atoms with E-state index >= 15 is 0 Å². The number of ether oxygens (including phenoxy) is 1. The molecule has 2 aliphatic rings. The van der Waals surface area contributed by atoms with Crippen LogP contribution in [-0.2, 0) is 4.74 Å². The number of nitrogens with one attached hydrogen (secondary N) is 2. The van der Waals surface area contributed by atoms with Crippen molar-refractivity contribution >= 4 is 5.96 Å². The molecule has 164 valence electrons. The molecule has 0 radical (unpaired) electrons. The molecule has 1 unspecified atom stereocenters. The third-order valence-corrected chi connectivity index (χ3v) is 6.13. The molecule has 1 atom stereocenters. The summed E-state index contributed by atoms with van der Waals surface area (Å²) in [6, 6.07) is 0.487. The van der Waals surface area contributed by atoms with Crippen molar-refractivity contribution in [1.29, 1.82) is 0 Å². The molecule has 0 aromatic heterocycles. The van der Waals surface area contributed by atoms with E-state index in [9.17, 15) is 0 Å². The molecule has 2 aliphatic heterocycles. The summed E-state index contributed by atoms with van der Waals surface area (Å²) in [4.78, 5) is 10.1. The molecule has 0 saturated carbocycles. The standard InChI is InChI=1S/C22H45N5O/c1-5-23-22(24-10-6-7-11-26-12-8-20(4)9-13-26)25-18-21(19(2)3)27-14-16-28-17-15-27/h19-21H,5-18H2,1-4H3,(H2,23,24,25). The van der Waals surface area contributed by atoms with Crippen LogP contribution in [0.3, 0.4) is 0 Å². The molecular formula is C22H45N5O. The zero-order chi connectivity index (χ0) is 20.2. The van der Waals surface area contributed by atoms with Crippen molar-refractivity contribution in [3.63, 3.8) is 0 Å². The highest BCUT2D eigenvalue weighted by atomic mass is 16.5. The van der Waals surface area contributed by atoms with Crippen molar-refractivity contribution in [3.05, 3.63) is 0 Å². The summed E-state index contributed by atoms with van der Waals surface area (Å²) in [7, 11) is 0. The molecular weight excluding hydrogens is 350 g/mol. The van der Waals surface area contributed by atoms with Crippen molar-refractivity contribution in [2.45, 2.75) is 59.4 Å². The molecule has 0 bridgehead atoms. The lowest BCUT2D eigenvalue weighted by Crippen LogP contribution is -2.48. The summed E-state index contributed by atoms with van der Waals surface area (Å²) < 4.78 is 5.51. The summed E-state index contributed by atoms with van der Waals surface area (Å²) >= 11 is 0. The van der Waals surface area contributed by atoms with Gasteiger partial charge in [0.05, 0.1) is 19.8 Å². The van der Waals surface area contributed by atoms with Gasteiger partial charge < -0.3 is 20.3 Å². The maximum Gasteiger partial charge on any atom is 0.191 e. The molecule has 2 fully saturated rings. The Kier molecular flexibility index (Phi) is 11.2. The normalized spacial score (nSPS) is 21.8. The van der Waals surface area contributed by atoms with Gasteiger partial charge in [0.25, 0.3) is 0 Å². The summed E-state index contributed by atoms with van der Waals surface area (Å²) in [5.74, 6) is 2.48. The highest BCUT2D eigenvalue weighted by Gasteiger charge is 2.23. The third-order valence-electron chi connectivity index (χ3n) is 6.13. The maximum absolute atomic E-state index is 5.51. The van der Waals surface area contributed by atoms with Crippen LogP contribution < -0.4 is 10.6 Å². The molecule has 6 heteroatoms. The van der Waals surface area contributed by atoms with Gasteiger partial charge in [-0.05, 0) is 64.1 Å². The Morgan fingerprint density at radius 1 is 1.07 bits per heavy atom. The Morgan fingerprint density at radius 3 is 2.43 bits per heavy atom. The van der Waals surface area contributed by atoms with Gasteiger partial charge in [-0.3, -0.25) is 9.89 Å². The Balaban J connectivity index is 1.69. The second-order valence-electron chi connectivity index (χ2n) is 8.84. The molecule has 0 aromatic carbocycles. The van der Waals surface area contributed by atoms with Crippen LogP contribution >= 0.6 is 0 Å². The molecule has 28 heavy (non-hydrogen) atoms. The maximum atomic E-state index is 5.51. The first-order valence-corrected chi connectivity index (χ1v) is 11.7. The van der Waals surface area contributed by atoms with E-state index in [1.807, 2.05) is 0 Å². The lowest BCUT2D eigenvalue weighted by Gasteiger charge is -2.36. The van der Waals surface area contributed by atoms with E-state index in [0.717, 1.165) is 57.8 Å². The van der Waals surface area contributed by atoms with Crippen LogP contribution in [0.2, 0.25) is 0 Å². The monoisotopic (exact) mass is 395 g/mol. The Bertz CT molecular complexity index is 429. The van der Waals surface area contributed by atoms with Gasteiger partial charge in [0.1, 0.15) is 0 Å². The lowest BCUT2D eigenvalue weighted by molar-refractivity contribution is 0.00867. The molecule has 0 aromatic rings. The average molecular weight is 396 g/mol. The van der Waals surface area contributed by atoms with Crippen LogP contribution in [0.4, 0.5) is 0 Å². The van der Waals surface area contributed by atoms with Gasteiger partial charge in [0.15, 0.2) is 5.96 Å².